The van der Waals surface area contributed by atoms with E-state index in [0.29, 0.717) is 24.5 Å². The van der Waals surface area contributed by atoms with Crippen molar-refractivity contribution in [3.63, 3.8) is 0 Å². The summed E-state index contributed by atoms with van der Waals surface area (Å²) in [6.45, 7) is 5.44. The molecular formula is C13H21N7O. The van der Waals surface area contributed by atoms with Gasteiger partial charge in [0.25, 0.3) is 0 Å². The van der Waals surface area contributed by atoms with Crippen LogP contribution in [-0.2, 0) is 6.54 Å². The summed E-state index contributed by atoms with van der Waals surface area (Å²) in [6, 6.07) is 0.471. The number of ether oxygens (including phenoxy) is 1. The predicted octanol–water partition coefficient (Wildman–Crippen LogP) is 1.40. The first-order chi connectivity index (χ1) is 10.2. The van der Waals surface area contributed by atoms with Crippen LogP contribution >= 0.6 is 0 Å². The predicted molar refractivity (Wildman–Crippen MR) is 80.5 cm³/mol. The second-order valence-electron chi connectivity index (χ2n) is 4.67. The van der Waals surface area contributed by atoms with Crippen LogP contribution in [0.2, 0.25) is 0 Å². The minimum absolute atomic E-state index is 0.144. The SMILES string of the molecule is CCCOc1nc(NC)nc(NC(C)Cn2ccnc2)n1. The molecule has 0 fully saturated rings. The van der Waals surface area contributed by atoms with Crippen LogP contribution in [0, 0.1) is 0 Å². The lowest BCUT2D eigenvalue weighted by molar-refractivity contribution is 0.292. The Morgan fingerprint density at radius 1 is 1.29 bits per heavy atom. The van der Waals surface area contributed by atoms with Crippen molar-refractivity contribution in [2.45, 2.75) is 32.9 Å². The van der Waals surface area contributed by atoms with Crippen molar-refractivity contribution in [3.8, 4) is 6.01 Å². The largest absolute Gasteiger partial charge is 0.463 e. The van der Waals surface area contributed by atoms with Gasteiger partial charge in [-0.25, -0.2) is 4.98 Å². The number of rotatable bonds is 8. The fraction of sp³-hybridized carbons (Fsp3) is 0.538. The Kier molecular flexibility index (Phi) is 5.30. The van der Waals surface area contributed by atoms with Gasteiger partial charge in [-0.1, -0.05) is 6.92 Å². The molecule has 0 amide bonds. The van der Waals surface area contributed by atoms with E-state index < -0.39 is 0 Å². The number of imidazole rings is 1. The van der Waals surface area contributed by atoms with E-state index in [1.807, 2.05) is 17.7 Å². The molecule has 114 valence electrons. The average Bonchev–Trinajstić information content (AvgIpc) is 2.97. The Morgan fingerprint density at radius 3 is 2.76 bits per heavy atom. The van der Waals surface area contributed by atoms with Gasteiger partial charge in [-0.05, 0) is 13.3 Å². The topological polar surface area (TPSA) is 89.8 Å². The van der Waals surface area contributed by atoms with Gasteiger partial charge in [-0.15, -0.1) is 0 Å². The highest BCUT2D eigenvalue weighted by atomic mass is 16.5. The first-order valence-electron chi connectivity index (χ1n) is 7.00. The van der Waals surface area contributed by atoms with Gasteiger partial charge in [0.1, 0.15) is 0 Å². The van der Waals surface area contributed by atoms with Crippen molar-refractivity contribution < 1.29 is 4.74 Å². The fourth-order valence-electron chi connectivity index (χ4n) is 1.77. The summed E-state index contributed by atoms with van der Waals surface area (Å²) in [4.78, 5) is 16.7. The van der Waals surface area contributed by atoms with Gasteiger partial charge in [-0.2, -0.15) is 15.0 Å². The first-order valence-corrected chi connectivity index (χ1v) is 7.00. The number of anilines is 2. The summed E-state index contributed by atoms with van der Waals surface area (Å²) in [7, 11) is 1.76. The zero-order valence-electron chi connectivity index (χ0n) is 12.6. The number of hydrogen-bond acceptors (Lipinski definition) is 7. The monoisotopic (exact) mass is 291 g/mol. The van der Waals surface area contributed by atoms with E-state index in [1.165, 1.54) is 0 Å². The second-order valence-corrected chi connectivity index (χ2v) is 4.67. The summed E-state index contributed by atoms with van der Waals surface area (Å²) in [6.07, 6.45) is 6.35. The second kappa shape index (κ2) is 7.41. The minimum Gasteiger partial charge on any atom is -0.463 e. The lowest BCUT2D eigenvalue weighted by atomic mass is 10.3. The molecule has 0 aromatic carbocycles. The molecule has 1 atom stereocenters. The third-order valence-electron chi connectivity index (χ3n) is 2.69. The van der Waals surface area contributed by atoms with Crippen LogP contribution in [-0.4, -0.2) is 44.2 Å². The van der Waals surface area contributed by atoms with Gasteiger partial charge in [0.15, 0.2) is 0 Å². The van der Waals surface area contributed by atoms with E-state index in [-0.39, 0.29) is 6.04 Å². The minimum atomic E-state index is 0.144. The van der Waals surface area contributed by atoms with Crippen LogP contribution < -0.4 is 15.4 Å². The van der Waals surface area contributed by atoms with Gasteiger partial charge in [-0.3, -0.25) is 0 Å². The van der Waals surface area contributed by atoms with Crippen LogP contribution in [0.3, 0.4) is 0 Å². The molecule has 0 spiro atoms. The van der Waals surface area contributed by atoms with Gasteiger partial charge in [0.2, 0.25) is 11.9 Å². The number of aromatic nitrogens is 5. The summed E-state index contributed by atoms with van der Waals surface area (Å²) in [5, 5.41) is 6.15. The molecule has 0 aliphatic carbocycles. The van der Waals surface area contributed by atoms with Crippen molar-refractivity contribution in [2.75, 3.05) is 24.3 Å². The number of nitrogens with one attached hydrogen (secondary N) is 2. The Bertz CT molecular complexity index is 543. The van der Waals surface area contributed by atoms with Crippen LogP contribution in [0.4, 0.5) is 11.9 Å². The highest BCUT2D eigenvalue weighted by Gasteiger charge is 2.09. The molecule has 0 saturated heterocycles. The summed E-state index contributed by atoms with van der Waals surface area (Å²) >= 11 is 0. The highest BCUT2D eigenvalue weighted by Crippen LogP contribution is 2.12. The van der Waals surface area contributed by atoms with Crippen LogP contribution in [0.25, 0.3) is 0 Å². The van der Waals surface area contributed by atoms with Crippen LogP contribution in [0.15, 0.2) is 18.7 Å². The lowest BCUT2D eigenvalue weighted by Gasteiger charge is -2.15. The maximum Gasteiger partial charge on any atom is 0.323 e. The molecule has 21 heavy (non-hydrogen) atoms. The van der Waals surface area contributed by atoms with Crippen molar-refractivity contribution in [2.24, 2.45) is 0 Å². The molecule has 2 N–H and O–H groups in total. The molecular weight excluding hydrogens is 270 g/mol. The summed E-state index contributed by atoms with van der Waals surface area (Å²) in [5.74, 6) is 0.974. The van der Waals surface area contributed by atoms with Crippen LogP contribution in [0.1, 0.15) is 20.3 Å². The zero-order chi connectivity index (χ0) is 15.1. The quantitative estimate of drug-likeness (QED) is 0.759. The Labute approximate surface area is 124 Å². The van der Waals surface area contributed by atoms with Crippen molar-refractivity contribution in [1.29, 1.82) is 0 Å². The molecule has 8 heteroatoms. The molecule has 0 aliphatic rings. The van der Waals surface area contributed by atoms with E-state index in [9.17, 15) is 0 Å². The molecule has 0 radical (unpaired) electrons. The zero-order valence-corrected chi connectivity index (χ0v) is 12.6. The average molecular weight is 291 g/mol. The van der Waals surface area contributed by atoms with E-state index in [4.69, 9.17) is 4.74 Å². The van der Waals surface area contributed by atoms with Crippen molar-refractivity contribution in [3.05, 3.63) is 18.7 Å². The summed E-state index contributed by atoms with van der Waals surface area (Å²) in [5.41, 5.74) is 0. The molecule has 2 heterocycles. The number of hydrogen-bond donors (Lipinski definition) is 2. The maximum atomic E-state index is 5.47. The first kappa shape index (κ1) is 15.0. The number of nitrogens with zero attached hydrogens (tertiary/aromatic N) is 5. The molecule has 2 aromatic heterocycles. The van der Waals surface area contributed by atoms with E-state index in [0.717, 1.165) is 13.0 Å². The molecule has 2 aromatic rings. The maximum absolute atomic E-state index is 5.47. The highest BCUT2D eigenvalue weighted by molar-refractivity contribution is 5.35. The van der Waals surface area contributed by atoms with Crippen molar-refractivity contribution in [1.82, 2.24) is 24.5 Å². The molecule has 0 saturated carbocycles. The molecule has 1 unspecified atom stereocenters. The molecule has 0 bridgehead atoms. The summed E-state index contributed by atoms with van der Waals surface area (Å²) < 4.78 is 7.46. The van der Waals surface area contributed by atoms with Gasteiger partial charge in [0, 0.05) is 32.0 Å². The van der Waals surface area contributed by atoms with Gasteiger partial charge < -0.3 is 19.9 Å². The molecule has 8 nitrogen and oxygen atoms in total. The van der Waals surface area contributed by atoms with E-state index in [2.05, 4.69) is 37.5 Å². The third-order valence-corrected chi connectivity index (χ3v) is 2.69. The molecule has 0 aliphatic heterocycles. The standard InChI is InChI=1S/C13H21N7O/c1-4-7-21-13-18-11(14-3)17-12(19-13)16-10(2)8-20-6-5-15-9-20/h5-6,9-10H,4,7-8H2,1-3H3,(H2,14,16,17,18,19). The van der Waals surface area contributed by atoms with E-state index >= 15 is 0 Å². The van der Waals surface area contributed by atoms with Gasteiger partial charge >= 0.3 is 6.01 Å². The van der Waals surface area contributed by atoms with Crippen LogP contribution in [0.5, 0.6) is 6.01 Å². The van der Waals surface area contributed by atoms with Gasteiger partial charge in [0.05, 0.1) is 12.9 Å². The lowest BCUT2D eigenvalue weighted by Crippen LogP contribution is -2.23. The molecule has 2 rings (SSSR count). The Hall–Kier alpha value is -2.38. The van der Waals surface area contributed by atoms with E-state index in [1.54, 1.807) is 19.6 Å². The smallest absolute Gasteiger partial charge is 0.323 e. The Balaban J connectivity index is 2.03. The Morgan fingerprint density at radius 2 is 2.10 bits per heavy atom. The van der Waals surface area contributed by atoms with Crippen molar-refractivity contribution >= 4 is 11.9 Å². The third kappa shape index (κ3) is 4.59. The normalized spacial score (nSPS) is 12.0. The fourth-order valence-corrected chi connectivity index (χ4v) is 1.77.